The summed E-state index contributed by atoms with van der Waals surface area (Å²) in [5, 5.41) is 7.62. The highest BCUT2D eigenvalue weighted by Gasteiger charge is 2.18. The van der Waals surface area contributed by atoms with Crippen molar-refractivity contribution in [2.75, 3.05) is 36.5 Å². The molecule has 0 amide bonds. The molecule has 4 aromatic rings. The summed E-state index contributed by atoms with van der Waals surface area (Å²) in [6, 6.07) is 6.38. The number of nitrogens with one attached hydrogen (secondary N) is 2. The SMILES string of the molecule is Fc1cccc(-c2cnc(CNc3nc(N4CCOCC4)nc4c(Br)cnn34)[nH]2)c1. The number of morpholine rings is 1. The van der Waals surface area contributed by atoms with Crippen LogP contribution in [0, 0.1) is 5.82 Å². The Hall–Kier alpha value is -3.05. The van der Waals surface area contributed by atoms with Crippen LogP contribution < -0.4 is 10.2 Å². The predicted octanol–water partition coefficient (Wildman–Crippen LogP) is 2.86. The summed E-state index contributed by atoms with van der Waals surface area (Å²) in [6.07, 6.45) is 3.37. The van der Waals surface area contributed by atoms with Crippen LogP contribution in [-0.4, -0.2) is 55.9 Å². The first-order valence-electron chi connectivity index (χ1n) is 9.45. The maximum absolute atomic E-state index is 13.5. The van der Waals surface area contributed by atoms with Crippen molar-refractivity contribution in [1.82, 2.24) is 29.5 Å². The summed E-state index contributed by atoms with van der Waals surface area (Å²) in [7, 11) is 0. The Kier molecular flexibility index (Phi) is 5.05. The molecule has 154 valence electrons. The molecule has 0 saturated carbocycles. The van der Waals surface area contributed by atoms with Gasteiger partial charge in [-0.3, -0.25) is 0 Å². The second-order valence-electron chi connectivity index (χ2n) is 6.78. The lowest BCUT2D eigenvalue weighted by Gasteiger charge is -2.27. The Labute approximate surface area is 179 Å². The van der Waals surface area contributed by atoms with Crippen LogP contribution in [0.1, 0.15) is 5.82 Å². The van der Waals surface area contributed by atoms with E-state index in [0.29, 0.717) is 43.1 Å². The van der Waals surface area contributed by atoms with Gasteiger partial charge in [0.25, 0.3) is 0 Å². The summed E-state index contributed by atoms with van der Waals surface area (Å²) in [5.41, 5.74) is 2.16. The molecule has 1 aliphatic rings. The van der Waals surface area contributed by atoms with Gasteiger partial charge in [-0.05, 0) is 28.1 Å². The average Bonchev–Trinajstić information content (AvgIpc) is 3.40. The molecule has 1 fully saturated rings. The van der Waals surface area contributed by atoms with E-state index in [2.05, 4.69) is 51.2 Å². The predicted molar refractivity (Wildman–Crippen MR) is 113 cm³/mol. The highest BCUT2D eigenvalue weighted by Crippen LogP contribution is 2.23. The van der Waals surface area contributed by atoms with Gasteiger partial charge in [-0.1, -0.05) is 12.1 Å². The zero-order valence-corrected chi connectivity index (χ0v) is 17.4. The summed E-state index contributed by atoms with van der Waals surface area (Å²) in [5.74, 6) is 1.58. The topological polar surface area (TPSA) is 96.3 Å². The molecule has 0 bridgehead atoms. The number of halogens is 2. The Morgan fingerprint density at radius 1 is 1.20 bits per heavy atom. The van der Waals surface area contributed by atoms with Crippen molar-refractivity contribution >= 4 is 33.5 Å². The van der Waals surface area contributed by atoms with Crippen molar-refractivity contribution in [1.29, 1.82) is 0 Å². The molecule has 0 spiro atoms. The van der Waals surface area contributed by atoms with Crippen LogP contribution in [0.5, 0.6) is 0 Å². The molecule has 0 aliphatic carbocycles. The number of aromatic amines is 1. The summed E-state index contributed by atoms with van der Waals surface area (Å²) in [6.45, 7) is 3.15. The number of aromatic nitrogens is 6. The fourth-order valence-corrected chi connectivity index (χ4v) is 3.62. The van der Waals surface area contributed by atoms with Gasteiger partial charge in [0, 0.05) is 18.7 Å². The highest BCUT2D eigenvalue weighted by molar-refractivity contribution is 9.10. The molecule has 0 unspecified atom stereocenters. The molecule has 4 heterocycles. The number of fused-ring (bicyclic) bond motifs is 1. The van der Waals surface area contributed by atoms with Crippen molar-refractivity contribution in [3.8, 4) is 11.3 Å². The lowest BCUT2D eigenvalue weighted by atomic mass is 10.2. The van der Waals surface area contributed by atoms with Crippen molar-refractivity contribution in [3.63, 3.8) is 0 Å². The van der Waals surface area contributed by atoms with Crippen LogP contribution in [-0.2, 0) is 11.3 Å². The minimum atomic E-state index is -0.287. The second kappa shape index (κ2) is 8.00. The number of nitrogens with zero attached hydrogens (tertiary/aromatic N) is 6. The Balaban J connectivity index is 1.40. The maximum Gasteiger partial charge on any atom is 0.230 e. The Morgan fingerprint density at radius 2 is 2.07 bits per heavy atom. The van der Waals surface area contributed by atoms with Crippen LogP contribution in [0.15, 0.2) is 41.1 Å². The zero-order chi connectivity index (χ0) is 20.5. The molecule has 1 aliphatic heterocycles. The van der Waals surface area contributed by atoms with Gasteiger partial charge in [0.15, 0.2) is 5.65 Å². The van der Waals surface area contributed by atoms with Crippen molar-refractivity contribution in [2.45, 2.75) is 6.54 Å². The number of rotatable bonds is 5. The van der Waals surface area contributed by atoms with Gasteiger partial charge < -0.3 is 19.9 Å². The molecular formula is C19H18BrFN8O. The third-order valence-corrected chi connectivity index (χ3v) is 5.34. The van der Waals surface area contributed by atoms with E-state index in [1.54, 1.807) is 23.0 Å². The molecule has 5 rings (SSSR count). The first kappa shape index (κ1) is 18.9. The number of imidazole rings is 1. The third kappa shape index (κ3) is 3.73. The van der Waals surface area contributed by atoms with E-state index in [0.717, 1.165) is 28.8 Å². The van der Waals surface area contributed by atoms with Crippen molar-refractivity contribution < 1.29 is 9.13 Å². The average molecular weight is 473 g/mol. The normalized spacial score (nSPS) is 14.4. The van der Waals surface area contributed by atoms with E-state index in [1.165, 1.54) is 12.1 Å². The lowest BCUT2D eigenvalue weighted by molar-refractivity contribution is 0.122. The number of ether oxygens (including phenoxy) is 1. The van der Waals surface area contributed by atoms with E-state index in [9.17, 15) is 4.39 Å². The first-order valence-corrected chi connectivity index (χ1v) is 10.2. The van der Waals surface area contributed by atoms with Crippen LogP contribution in [0.25, 0.3) is 16.9 Å². The van der Waals surface area contributed by atoms with Crippen molar-refractivity contribution in [2.24, 2.45) is 0 Å². The Morgan fingerprint density at radius 3 is 2.90 bits per heavy atom. The van der Waals surface area contributed by atoms with Crippen molar-refractivity contribution in [3.05, 3.63) is 52.8 Å². The van der Waals surface area contributed by atoms with E-state index in [1.807, 2.05) is 6.07 Å². The fourth-order valence-electron chi connectivity index (χ4n) is 3.28. The zero-order valence-electron chi connectivity index (χ0n) is 15.8. The third-order valence-electron chi connectivity index (χ3n) is 4.79. The molecule has 1 saturated heterocycles. The number of hydrogen-bond acceptors (Lipinski definition) is 7. The van der Waals surface area contributed by atoms with Crippen LogP contribution >= 0.6 is 15.9 Å². The summed E-state index contributed by atoms with van der Waals surface area (Å²) < 4.78 is 21.3. The van der Waals surface area contributed by atoms with Crippen LogP contribution in [0.3, 0.4) is 0 Å². The molecule has 0 radical (unpaired) electrons. The fraction of sp³-hybridized carbons (Fsp3) is 0.263. The van der Waals surface area contributed by atoms with Crippen LogP contribution in [0.2, 0.25) is 0 Å². The first-order chi connectivity index (χ1) is 14.7. The smallest absolute Gasteiger partial charge is 0.230 e. The van der Waals surface area contributed by atoms with E-state index in [-0.39, 0.29) is 5.82 Å². The molecule has 30 heavy (non-hydrogen) atoms. The van der Waals surface area contributed by atoms with E-state index >= 15 is 0 Å². The Bertz CT molecular complexity index is 1190. The lowest BCUT2D eigenvalue weighted by Crippen LogP contribution is -2.37. The molecular weight excluding hydrogens is 455 g/mol. The second-order valence-corrected chi connectivity index (χ2v) is 7.64. The van der Waals surface area contributed by atoms with Gasteiger partial charge in [-0.15, -0.1) is 0 Å². The molecule has 2 N–H and O–H groups in total. The molecule has 1 aromatic carbocycles. The molecule has 3 aromatic heterocycles. The molecule has 9 nitrogen and oxygen atoms in total. The summed E-state index contributed by atoms with van der Waals surface area (Å²) >= 11 is 3.50. The minimum Gasteiger partial charge on any atom is -0.378 e. The minimum absolute atomic E-state index is 0.287. The number of H-pyrrole nitrogens is 1. The highest BCUT2D eigenvalue weighted by atomic mass is 79.9. The van der Waals surface area contributed by atoms with Crippen LogP contribution in [0.4, 0.5) is 16.3 Å². The van der Waals surface area contributed by atoms with E-state index in [4.69, 9.17) is 4.74 Å². The van der Waals surface area contributed by atoms with Gasteiger partial charge in [-0.2, -0.15) is 19.6 Å². The quantitative estimate of drug-likeness (QED) is 0.460. The van der Waals surface area contributed by atoms with Gasteiger partial charge in [-0.25, -0.2) is 9.37 Å². The van der Waals surface area contributed by atoms with E-state index < -0.39 is 0 Å². The summed E-state index contributed by atoms with van der Waals surface area (Å²) in [4.78, 5) is 19.0. The standard InChI is InChI=1S/C19H18BrFN8O/c20-14-9-24-29-17(14)26-19(28-4-6-30-7-5-28)27-18(29)23-11-16-22-10-15(25-16)12-2-1-3-13(21)8-12/h1-3,8-10H,4-7,11H2,(H,22,25)(H,23,26,27). The van der Waals surface area contributed by atoms with Gasteiger partial charge >= 0.3 is 0 Å². The van der Waals surface area contributed by atoms with Gasteiger partial charge in [0.05, 0.1) is 42.3 Å². The van der Waals surface area contributed by atoms with Gasteiger partial charge in [0.1, 0.15) is 11.6 Å². The van der Waals surface area contributed by atoms with Gasteiger partial charge in [0.2, 0.25) is 11.9 Å². The largest absolute Gasteiger partial charge is 0.378 e. The molecule has 11 heteroatoms. The molecule has 0 atom stereocenters. The monoisotopic (exact) mass is 472 g/mol. The maximum atomic E-state index is 13.5. The number of anilines is 2. The number of hydrogen-bond donors (Lipinski definition) is 2. The number of benzene rings is 1.